The van der Waals surface area contributed by atoms with Gasteiger partial charge in [-0.15, -0.1) is 11.3 Å². The minimum Gasteiger partial charge on any atom is -0.508 e. The maximum Gasteiger partial charge on any atom is 0.338 e. The van der Waals surface area contributed by atoms with E-state index in [0.29, 0.717) is 70.4 Å². The van der Waals surface area contributed by atoms with Gasteiger partial charge in [-0.2, -0.15) is 0 Å². The number of benzene rings is 2. The second-order valence-corrected chi connectivity index (χ2v) is 11.5. The predicted octanol–water partition coefficient (Wildman–Crippen LogP) is 4.10. The highest BCUT2D eigenvalue weighted by atomic mass is 79.9. The topological polar surface area (TPSA) is 128 Å². The lowest BCUT2D eigenvalue weighted by atomic mass is 9.95. The number of carbonyl (C=O) groups excluding carboxylic acids is 1. The molecular weight excluding hydrogens is 629 g/mol. The van der Waals surface area contributed by atoms with Gasteiger partial charge in [0.25, 0.3) is 0 Å². The first-order valence-corrected chi connectivity index (χ1v) is 15.0. The molecule has 2 unspecified atom stereocenters. The van der Waals surface area contributed by atoms with E-state index >= 15 is 0 Å². The van der Waals surface area contributed by atoms with E-state index < -0.39 is 29.8 Å². The Bertz CT molecular complexity index is 1510. The first-order valence-electron chi connectivity index (χ1n) is 13.3. The third kappa shape index (κ3) is 6.54. The van der Waals surface area contributed by atoms with E-state index in [0.717, 1.165) is 0 Å². The molecule has 1 saturated heterocycles. The number of phenolic OH excluding ortho intramolecular Hbond substituents is 1. The SMILES string of the molecule is CCOC(=O)C1=C(CN2CCN(C(C(=O)O)c3ccc(O)cc3)CC2)NC(c2nccs2)=NC1c1ccc(F)cc1Br. The van der Waals surface area contributed by atoms with E-state index in [-0.39, 0.29) is 12.4 Å². The fourth-order valence-corrected chi connectivity index (χ4v) is 6.29. The number of aromatic nitrogens is 1. The van der Waals surface area contributed by atoms with Crippen molar-refractivity contribution in [1.82, 2.24) is 20.1 Å². The quantitative estimate of drug-likeness (QED) is 0.291. The van der Waals surface area contributed by atoms with E-state index in [1.165, 1.54) is 35.6 Å². The van der Waals surface area contributed by atoms with Gasteiger partial charge in [-0.3, -0.25) is 19.6 Å². The van der Waals surface area contributed by atoms with Gasteiger partial charge in [0.1, 0.15) is 23.7 Å². The molecule has 0 bridgehead atoms. The molecule has 2 aromatic carbocycles. The van der Waals surface area contributed by atoms with Crippen molar-refractivity contribution in [3.8, 4) is 5.75 Å². The summed E-state index contributed by atoms with van der Waals surface area (Å²) < 4.78 is 19.9. The number of rotatable bonds is 9. The molecule has 2 aliphatic rings. The molecule has 2 aliphatic heterocycles. The largest absolute Gasteiger partial charge is 0.508 e. The highest BCUT2D eigenvalue weighted by Crippen LogP contribution is 2.37. The average Bonchev–Trinajstić information content (AvgIpc) is 3.50. The van der Waals surface area contributed by atoms with Crippen LogP contribution in [0.3, 0.4) is 0 Å². The van der Waals surface area contributed by atoms with Crippen LogP contribution >= 0.6 is 27.3 Å². The summed E-state index contributed by atoms with van der Waals surface area (Å²) in [6.45, 7) is 4.27. The smallest absolute Gasteiger partial charge is 0.338 e. The van der Waals surface area contributed by atoms with Crippen molar-refractivity contribution in [2.24, 2.45) is 4.99 Å². The number of piperazine rings is 1. The van der Waals surface area contributed by atoms with Crippen molar-refractivity contribution >= 4 is 45.0 Å². The lowest BCUT2D eigenvalue weighted by Crippen LogP contribution is -2.51. The maximum atomic E-state index is 14.0. The summed E-state index contributed by atoms with van der Waals surface area (Å²) in [6.07, 6.45) is 1.67. The monoisotopic (exact) mass is 657 g/mol. The van der Waals surface area contributed by atoms with Crippen LogP contribution in [0.4, 0.5) is 4.39 Å². The highest BCUT2D eigenvalue weighted by Gasteiger charge is 2.36. The number of hydrogen-bond donors (Lipinski definition) is 3. The zero-order valence-electron chi connectivity index (χ0n) is 22.7. The molecule has 220 valence electrons. The van der Waals surface area contributed by atoms with E-state index in [2.05, 4.69) is 31.1 Å². The first-order chi connectivity index (χ1) is 20.2. The fraction of sp³-hybridized carbons (Fsp3) is 0.310. The molecule has 0 spiro atoms. The number of carbonyl (C=O) groups is 2. The Balaban J connectivity index is 1.44. The molecular formula is C29H29BrFN5O5S. The van der Waals surface area contributed by atoms with Crippen LogP contribution in [-0.2, 0) is 14.3 Å². The van der Waals surface area contributed by atoms with Gasteiger partial charge < -0.3 is 20.3 Å². The number of aromatic hydroxyl groups is 1. The van der Waals surface area contributed by atoms with Crippen LogP contribution in [0.1, 0.15) is 35.1 Å². The number of aliphatic carboxylic acids is 1. The second-order valence-electron chi connectivity index (χ2n) is 9.77. The summed E-state index contributed by atoms with van der Waals surface area (Å²) in [5, 5.41) is 25.4. The summed E-state index contributed by atoms with van der Waals surface area (Å²) in [4.78, 5) is 38.9. The molecule has 5 rings (SSSR count). The lowest BCUT2D eigenvalue weighted by Gasteiger charge is -2.39. The van der Waals surface area contributed by atoms with Crippen LogP contribution in [0.2, 0.25) is 0 Å². The molecule has 1 aromatic heterocycles. The number of aliphatic imine (C=N–C) groups is 1. The van der Waals surface area contributed by atoms with Crippen LogP contribution in [0, 0.1) is 5.82 Å². The van der Waals surface area contributed by atoms with Crippen LogP contribution in [0.25, 0.3) is 0 Å². The molecule has 3 N–H and O–H groups in total. The van der Waals surface area contributed by atoms with E-state index in [4.69, 9.17) is 9.73 Å². The zero-order valence-corrected chi connectivity index (χ0v) is 25.1. The summed E-state index contributed by atoms with van der Waals surface area (Å²) >= 11 is 4.84. The summed E-state index contributed by atoms with van der Waals surface area (Å²) in [7, 11) is 0. The number of nitrogens with zero attached hydrogens (tertiary/aromatic N) is 4. The Morgan fingerprint density at radius 1 is 1.19 bits per heavy atom. The minimum atomic E-state index is -0.965. The molecule has 3 aromatic rings. The van der Waals surface area contributed by atoms with E-state index in [9.17, 15) is 24.2 Å². The highest BCUT2D eigenvalue weighted by molar-refractivity contribution is 9.10. The van der Waals surface area contributed by atoms with Gasteiger partial charge in [0.2, 0.25) is 0 Å². The molecule has 42 heavy (non-hydrogen) atoms. The van der Waals surface area contributed by atoms with Crippen molar-refractivity contribution in [2.45, 2.75) is 19.0 Å². The van der Waals surface area contributed by atoms with Crippen LogP contribution in [0.5, 0.6) is 5.75 Å². The van der Waals surface area contributed by atoms with E-state index in [1.54, 1.807) is 31.3 Å². The van der Waals surface area contributed by atoms with Crippen LogP contribution < -0.4 is 5.32 Å². The van der Waals surface area contributed by atoms with Gasteiger partial charge in [-0.05, 0) is 42.3 Å². The summed E-state index contributed by atoms with van der Waals surface area (Å²) in [5.74, 6) is -1.35. The molecule has 0 radical (unpaired) electrons. The number of nitrogens with one attached hydrogen (secondary N) is 1. The van der Waals surface area contributed by atoms with Gasteiger partial charge in [0, 0.05) is 54.5 Å². The van der Waals surface area contributed by atoms with Crippen molar-refractivity contribution in [3.05, 3.63) is 91.7 Å². The van der Waals surface area contributed by atoms with Gasteiger partial charge in [0.05, 0.1) is 12.2 Å². The Kier molecular flexibility index (Phi) is 9.31. The average molecular weight is 659 g/mol. The second kappa shape index (κ2) is 13.1. The predicted molar refractivity (Wildman–Crippen MR) is 159 cm³/mol. The summed E-state index contributed by atoms with van der Waals surface area (Å²) in [6, 6.07) is 8.85. The molecule has 0 saturated carbocycles. The van der Waals surface area contributed by atoms with Crippen molar-refractivity contribution in [3.63, 3.8) is 0 Å². The number of hydrogen-bond acceptors (Lipinski definition) is 10. The summed E-state index contributed by atoms with van der Waals surface area (Å²) in [5.41, 5.74) is 2.11. The maximum absolute atomic E-state index is 14.0. The molecule has 3 heterocycles. The fourth-order valence-electron chi connectivity index (χ4n) is 5.14. The van der Waals surface area contributed by atoms with Gasteiger partial charge in [-0.25, -0.2) is 14.2 Å². The zero-order chi connectivity index (χ0) is 29.8. The van der Waals surface area contributed by atoms with Crippen molar-refractivity contribution < 1.29 is 28.9 Å². The van der Waals surface area contributed by atoms with Gasteiger partial charge in [-0.1, -0.05) is 34.1 Å². The third-order valence-electron chi connectivity index (χ3n) is 7.11. The Labute approximate surface area is 254 Å². The number of carboxylic acids is 1. The molecule has 1 fully saturated rings. The first kappa shape index (κ1) is 29.8. The molecule has 0 aliphatic carbocycles. The normalized spacial score (nSPS) is 18.7. The standard InChI is InChI=1S/C29H29BrFN5O5S/c1-2-41-29(40)23-22(16-35-10-12-36(13-11-35)25(28(38)39)17-3-6-19(37)7-4-17)33-26(27-32-9-14-42-27)34-24(23)20-8-5-18(31)15-21(20)30/h3-9,14-15,24-25,37H,2,10-13,16H2,1H3,(H,33,34)(H,38,39). The van der Waals surface area contributed by atoms with Crippen molar-refractivity contribution in [1.29, 1.82) is 0 Å². The molecule has 0 amide bonds. The number of esters is 1. The van der Waals surface area contributed by atoms with Gasteiger partial charge in [0.15, 0.2) is 10.8 Å². The number of halogens is 2. The minimum absolute atomic E-state index is 0.0741. The Morgan fingerprint density at radius 3 is 2.55 bits per heavy atom. The number of amidine groups is 1. The van der Waals surface area contributed by atoms with E-state index in [1.807, 2.05) is 10.3 Å². The molecule has 10 nitrogen and oxygen atoms in total. The number of thiazole rings is 1. The van der Waals surface area contributed by atoms with Crippen molar-refractivity contribution in [2.75, 3.05) is 39.3 Å². The van der Waals surface area contributed by atoms with Gasteiger partial charge >= 0.3 is 11.9 Å². The molecule has 13 heteroatoms. The lowest BCUT2D eigenvalue weighted by molar-refractivity contribution is -0.144. The Morgan fingerprint density at radius 2 is 1.93 bits per heavy atom. The number of carboxylic acid groups (broad SMARTS) is 1. The third-order valence-corrected chi connectivity index (χ3v) is 8.58. The number of phenols is 1. The Hall–Kier alpha value is -3.65. The number of ether oxygens (including phenoxy) is 1. The van der Waals surface area contributed by atoms with Crippen LogP contribution in [0.15, 0.2) is 74.8 Å². The molecule has 2 atom stereocenters. The van der Waals surface area contributed by atoms with Crippen LogP contribution in [-0.4, -0.2) is 82.1 Å².